The van der Waals surface area contributed by atoms with Gasteiger partial charge in [0.25, 0.3) is 0 Å². The lowest BCUT2D eigenvalue weighted by atomic mass is 10.1. The smallest absolute Gasteiger partial charge is 0.0679 e. The molecule has 4 rings (SSSR count). The minimum atomic E-state index is 0.587. The first-order chi connectivity index (χ1) is 10.4. The first kappa shape index (κ1) is 12.9. The molecule has 2 heterocycles. The molecule has 0 spiro atoms. The van der Waals surface area contributed by atoms with E-state index in [1.807, 2.05) is 23.1 Å². The van der Waals surface area contributed by atoms with Crippen LogP contribution in [0.25, 0.3) is 0 Å². The molecule has 2 aromatic rings. The van der Waals surface area contributed by atoms with Crippen molar-refractivity contribution in [2.75, 3.05) is 18.4 Å². The fraction of sp³-hybridized carbons (Fsp3) is 0.471. The molecule has 1 aromatic heterocycles. The Morgan fingerprint density at radius 2 is 2.05 bits per heavy atom. The summed E-state index contributed by atoms with van der Waals surface area (Å²) in [6, 6.07) is 12.1. The SMILES string of the molecule is c1ccc(NC2CCN(C3CC3)C2)c(Cn2cccn2)c1. The molecule has 1 saturated carbocycles. The minimum absolute atomic E-state index is 0.587. The van der Waals surface area contributed by atoms with Gasteiger partial charge in [-0.1, -0.05) is 18.2 Å². The van der Waals surface area contributed by atoms with Crippen molar-refractivity contribution in [1.82, 2.24) is 14.7 Å². The average Bonchev–Trinajstić information content (AvgIpc) is 3.03. The van der Waals surface area contributed by atoms with E-state index in [1.54, 1.807) is 0 Å². The number of nitrogens with one attached hydrogen (secondary N) is 1. The molecule has 1 aromatic carbocycles. The summed E-state index contributed by atoms with van der Waals surface area (Å²) < 4.78 is 1.98. The highest BCUT2D eigenvalue weighted by molar-refractivity contribution is 5.52. The molecule has 1 saturated heterocycles. The van der Waals surface area contributed by atoms with Gasteiger partial charge in [-0.3, -0.25) is 9.58 Å². The van der Waals surface area contributed by atoms with Crippen LogP contribution in [0.3, 0.4) is 0 Å². The molecule has 1 aliphatic heterocycles. The number of benzene rings is 1. The third kappa shape index (κ3) is 2.95. The van der Waals surface area contributed by atoms with Gasteiger partial charge in [0.1, 0.15) is 0 Å². The summed E-state index contributed by atoms with van der Waals surface area (Å²) in [7, 11) is 0. The Morgan fingerprint density at radius 1 is 1.14 bits per heavy atom. The first-order valence-corrected chi connectivity index (χ1v) is 7.94. The van der Waals surface area contributed by atoms with Crippen molar-refractivity contribution in [2.45, 2.75) is 37.9 Å². The van der Waals surface area contributed by atoms with Crippen LogP contribution >= 0.6 is 0 Å². The van der Waals surface area contributed by atoms with Crippen molar-refractivity contribution >= 4 is 5.69 Å². The summed E-state index contributed by atoms with van der Waals surface area (Å²) in [5.74, 6) is 0. The van der Waals surface area contributed by atoms with E-state index in [4.69, 9.17) is 0 Å². The Balaban J connectivity index is 1.44. The monoisotopic (exact) mass is 282 g/mol. The fourth-order valence-electron chi connectivity index (χ4n) is 3.26. The molecular formula is C17H22N4. The molecule has 0 amide bonds. The number of likely N-dealkylation sites (tertiary alicyclic amines) is 1. The van der Waals surface area contributed by atoms with Crippen molar-refractivity contribution in [3.05, 3.63) is 48.3 Å². The van der Waals surface area contributed by atoms with Gasteiger partial charge in [-0.05, 0) is 37.0 Å². The Morgan fingerprint density at radius 3 is 2.86 bits per heavy atom. The van der Waals surface area contributed by atoms with Crippen LogP contribution in [0, 0.1) is 0 Å². The highest BCUT2D eigenvalue weighted by Gasteiger charge is 2.34. The molecule has 1 atom stereocenters. The molecular weight excluding hydrogens is 260 g/mol. The lowest BCUT2D eigenvalue weighted by Gasteiger charge is -2.19. The van der Waals surface area contributed by atoms with E-state index >= 15 is 0 Å². The highest BCUT2D eigenvalue weighted by Crippen LogP contribution is 2.31. The maximum atomic E-state index is 4.31. The van der Waals surface area contributed by atoms with Crippen molar-refractivity contribution in [2.24, 2.45) is 0 Å². The zero-order chi connectivity index (χ0) is 14.1. The quantitative estimate of drug-likeness (QED) is 0.915. The van der Waals surface area contributed by atoms with Crippen LogP contribution in [0.15, 0.2) is 42.7 Å². The summed E-state index contributed by atoms with van der Waals surface area (Å²) in [5, 5.41) is 8.06. The fourth-order valence-corrected chi connectivity index (χ4v) is 3.26. The van der Waals surface area contributed by atoms with Crippen LogP contribution in [0.2, 0.25) is 0 Å². The lowest BCUT2D eigenvalue weighted by molar-refractivity contribution is 0.326. The van der Waals surface area contributed by atoms with Crippen molar-refractivity contribution in [3.63, 3.8) is 0 Å². The topological polar surface area (TPSA) is 33.1 Å². The van der Waals surface area contributed by atoms with E-state index in [0.29, 0.717) is 6.04 Å². The van der Waals surface area contributed by atoms with Gasteiger partial charge in [0.05, 0.1) is 6.54 Å². The lowest BCUT2D eigenvalue weighted by Crippen LogP contribution is -2.28. The normalized spacial score (nSPS) is 22.6. The maximum Gasteiger partial charge on any atom is 0.0679 e. The minimum Gasteiger partial charge on any atom is -0.381 e. The van der Waals surface area contributed by atoms with Crippen molar-refractivity contribution in [3.8, 4) is 0 Å². The van der Waals surface area contributed by atoms with Gasteiger partial charge in [-0.25, -0.2) is 0 Å². The zero-order valence-corrected chi connectivity index (χ0v) is 12.3. The van der Waals surface area contributed by atoms with E-state index in [1.165, 1.54) is 43.6 Å². The predicted molar refractivity (Wildman–Crippen MR) is 84.4 cm³/mol. The second-order valence-electron chi connectivity index (χ2n) is 6.22. The zero-order valence-electron chi connectivity index (χ0n) is 12.3. The number of anilines is 1. The molecule has 0 bridgehead atoms. The van der Waals surface area contributed by atoms with Crippen LogP contribution in [-0.2, 0) is 6.54 Å². The number of aromatic nitrogens is 2. The van der Waals surface area contributed by atoms with E-state index in [2.05, 4.69) is 39.6 Å². The largest absolute Gasteiger partial charge is 0.381 e. The first-order valence-electron chi connectivity index (χ1n) is 7.94. The number of hydrogen-bond acceptors (Lipinski definition) is 3. The standard InChI is InChI=1S/C17H22N4/c1-2-5-17(14(4-1)12-21-10-3-9-18-21)19-15-8-11-20(13-15)16-6-7-16/h1-5,9-10,15-16,19H,6-8,11-13H2. The Bertz CT molecular complexity index is 589. The number of rotatable bonds is 5. The van der Waals surface area contributed by atoms with Crippen molar-refractivity contribution < 1.29 is 0 Å². The third-order valence-corrected chi connectivity index (χ3v) is 4.55. The summed E-state index contributed by atoms with van der Waals surface area (Å²) in [6.45, 7) is 3.28. The van der Waals surface area contributed by atoms with E-state index in [9.17, 15) is 0 Å². The second kappa shape index (κ2) is 5.53. The molecule has 1 N–H and O–H groups in total. The summed E-state index contributed by atoms with van der Waals surface area (Å²) >= 11 is 0. The summed E-state index contributed by atoms with van der Waals surface area (Å²) in [5.41, 5.74) is 2.57. The van der Waals surface area contributed by atoms with Gasteiger partial charge in [0, 0.05) is 43.3 Å². The molecule has 1 aliphatic carbocycles. The van der Waals surface area contributed by atoms with Crippen LogP contribution in [0.4, 0.5) is 5.69 Å². The van der Waals surface area contributed by atoms with E-state index in [-0.39, 0.29) is 0 Å². The molecule has 0 radical (unpaired) electrons. The van der Waals surface area contributed by atoms with E-state index < -0.39 is 0 Å². The van der Waals surface area contributed by atoms with Crippen LogP contribution < -0.4 is 5.32 Å². The number of nitrogens with zero attached hydrogens (tertiary/aromatic N) is 3. The summed E-state index contributed by atoms with van der Waals surface area (Å²) in [4.78, 5) is 2.65. The van der Waals surface area contributed by atoms with Gasteiger partial charge < -0.3 is 5.32 Å². The van der Waals surface area contributed by atoms with Gasteiger partial charge in [-0.2, -0.15) is 5.10 Å². The maximum absolute atomic E-state index is 4.31. The molecule has 21 heavy (non-hydrogen) atoms. The van der Waals surface area contributed by atoms with Crippen LogP contribution in [-0.4, -0.2) is 39.9 Å². The van der Waals surface area contributed by atoms with Gasteiger partial charge in [0.2, 0.25) is 0 Å². The summed E-state index contributed by atoms with van der Waals surface area (Å²) in [6.07, 6.45) is 7.92. The average molecular weight is 282 g/mol. The van der Waals surface area contributed by atoms with Gasteiger partial charge in [0.15, 0.2) is 0 Å². The Labute approximate surface area is 125 Å². The molecule has 2 fully saturated rings. The molecule has 110 valence electrons. The highest BCUT2D eigenvalue weighted by atomic mass is 15.3. The molecule has 2 aliphatic rings. The molecule has 1 unspecified atom stereocenters. The second-order valence-corrected chi connectivity index (χ2v) is 6.22. The number of hydrogen-bond donors (Lipinski definition) is 1. The van der Waals surface area contributed by atoms with Crippen molar-refractivity contribution in [1.29, 1.82) is 0 Å². The van der Waals surface area contributed by atoms with Gasteiger partial charge >= 0.3 is 0 Å². The Hall–Kier alpha value is -1.81. The van der Waals surface area contributed by atoms with Gasteiger partial charge in [-0.15, -0.1) is 0 Å². The third-order valence-electron chi connectivity index (χ3n) is 4.55. The number of para-hydroxylation sites is 1. The van der Waals surface area contributed by atoms with E-state index in [0.717, 1.165) is 12.6 Å². The Kier molecular flexibility index (Phi) is 3.39. The van der Waals surface area contributed by atoms with Crippen LogP contribution in [0.1, 0.15) is 24.8 Å². The molecule has 4 heteroatoms. The van der Waals surface area contributed by atoms with Crippen LogP contribution in [0.5, 0.6) is 0 Å². The molecule has 4 nitrogen and oxygen atoms in total. The predicted octanol–water partition coefficient (Wildman–Crippen LogP) is 2.58.